The molecule has 0 saturated heterocycles. The predicted molar refractivity (Wildman–Crippen MR) is 93.7 cm³/mol. The van der Waals surface area contributed by atoms with Gasteiger partial charge in [0.25, 0.3) is 0 Å². The highest BCUT2D eigenvalue weighted by molar-refractivity contribution is 7.75. The van der Waals surface area contributed by atoms with Gasteiger partial charge in [-0.15, -0.1) is 0 Å². The van der Waals surface area contributed by atoms with Crippen LogP contribution in [-0.4, -0.2) is 12.7 Å². The molecular formula is C18H14N2O4S. The van der Waals surface area contributed by atoms with Gasteiger partial charge in [-0.3, -0.25) is 0 Å². The fourth-order valence-corrected chi connectivity index (χ4v) is 3.31. The van der Waals surface area contributed by atoms with Crippen molar-refractivity contribution in [1.29, 1.82) is 0 Å². The summed E-state index contributed by atoms with van der Waals surface area (Å²) in [6, 6.07) is 13.6. The molecule has 0 aromatic heterocycles. The van der Waals surface area contributed by atoms with Crippen molar-refractivity contribution < 1.29 is 18.4 Å². The first-order valence-electron chi connectivity index (χ1n) is 7.86. The topological polar surface area (TPSA) is 61.3 Å². The average Bonchev–Trinajstić information content (AvgIpc) is 3.13. The van der Waals surface area contributed by atoms with Crippen molar-refractivity contribution in [3.05, 3.63) is 65.0 Å². The molecule has 5 rings (SSSR count). The van der Waals surface area contributed by atoms with Crippen molar-refractivity contribution >= 4 is 18.8 Å². The molecule has 0 aliphatic carbocycles. The molecule has 126 valence electrons. The highest BCUT2D eigenvalue weighted by Crippen LogP contribution is 2.37. The highest BCUT2D eigenvalue weighted by Gasteiger charge is 2.31. The van der Waals surface area contributed by atoms with E-state index in [4.69, 9.17) is 23.4 Å². The molecule has 2 aromatic rings. The summed E-state index contributed by atoms with van der Waals surface area (Å²) in [4.78, 5) is 4.71. The summed E-state index contributed by atoms with van der Waals surface area (Å²) in [5.74, 6) is 3.35. The number of benzene rings is 2. The van der Waals surface area contributed by atoms with E-state index >= 15 is 0 Å². The van der Waals surface area contributed by atoms with Gasteiger partial charge in [0, 0.05) is 24.9 Å². The molecule has 1 N–H and O–H groups in total. The van der Waals surface area contributed by atoms with Gasteiger partial charge in [-0.1, -0.05) is 24.3 Å². The Labute approximate surface area is 149 Å². The Morgan fingerprint density at radius 2 is 1.96 bits per heavy atom. The van der Waals surface area contributed by atoms with Crippen molar-refractivity contribution in [2.75, 3.05) is 6.79 Å². The first kappa shape index (κ1) is 14.5. The highest BCUT2D eigenvalue weighted by atomic mass is 32.1. The van der Waals surface area contributed by atoms with Crippen LogP contribution < -0.4 is 19.5 Å². The zero-order valence-corrected chi connectivity index (χ0v) is 14.0. The molecule has 0 radical (unpaired) electrons. The number of rotatable bonds is 2. The zero-order valence-electron chi connectivity index (χ0n) is 13.1. The van der Waals surface area contributed by atoms with Crippen LogP contribution in [-0.2, 0) is 10.6 Å². The van der Waals surface area contributed by atoms with Crippen LogP contribution in [0.3, 0.4) is 0 Å². The average molecular weight is 354 g/mol. The summed E-state index contributed by atoms with van der Waals surface area (Å²) < 4.78 is 22.1. The molecule has 3 heterocycles. The van der Waals surface area contributed by atoms with Crippen LogP contribution in [0.25, 0.3) is 0 Å². The lowest BCUT2D eigenvalue weighted by atomic mass is 10.00. The van der Waals surface area contributed by atoms with E-state index in [0.29, 0.717) is 24.0 Å². The maximum absolute atomic E-state index is 5.99. The summed E-state index contributed by atoms with van der Waals surface area (Å²) in [6.45, 7) is 0.236. The van der Waals surface area contributed by atoms with Crippen molar-refractivity contribution in [2.24, 2.45) is 4.99 Å². The number of ether oxygens (including phenoxy) is 3. The van der Waals surface area contributed by atoms with E-state index in [1.54, 1.807) is 0 Å². The molecule has 25 heavy (non-hydrogen) atoms. The third-order valence-corrected chi connectivity index (χ3v) is 4.58. The third-order valence-electron chi connectivity index (χ3n) is 4.40. The Hall–Kier alpha value is -2.80. The Bertz CT molecular complexity index is 925. The second-order valence-electron chi connectivity index (χ2n) is 5.88. The van der Waals surface area contributed by atoms with E-state index in [1.165, 1.54) is 0 Å². The van der Waals surface area contributed by atoms with Crippen molar-refractivity contribution in [1.82, 2.24) is 5.32 Å². The Kier molecular flexibility index (Phi) is 3.27. The van der Waals surface area contributed by atoms with Gasteiger partial charge in [0.05, 0.1) is 5.57 Å². The molecule has 6 nitrogen and oxygen atoms in total. The molecule has 0 fully saturated rings. The standard InChI is InChI=1S/C18H14N2O4S/c25-24-18-12-7-10-3-1-2-4-13(10)23-17(12)19-16(20-18)11-5-6-14-15(8-11)22-9-21-14/h1-6,8,16,20,25H,7,9H2. The fourth-order valence-electron chi connectivity index (χ4n) is 3.15. The minimum atomic E-state index is -0.360. The zero-order chi connectivity index (χ0) is 16.8. The van der Waals surface area contributed by atoms with Crippen LogP contribution in [0, 0.1) is 0 Å². The SMILES string of the molecule is SOC1=C2Cc3ccccc3OC2=NC(c2ccc3c(c2)OCO3)N1. The Morgan fingerprint density at radius 1 is 1.08 bits per heavy atom. The summed E-state index contributed by atoms with van der Waals surface area (Å²) in [6.07, 6.45) is 0.312. The van der Waals surface area contributed by atoms with Crippen LogP contribution in [0.1, 0.15) is 17.3 Å². The molecule has 0 spiro atoms. The summed E-state index contributed by atoms with van der Waals surface area (Å²) in [7, 11) is 0. The van der Waals surface area contributed by atoms with E-state index in [2.05, 4.69) is 18.2 Å². The van der Waals surface area contributed by atoms with Gasteiger partial charge in [0.2, 0.25) is 18.6 Å². The molecule has 3 aliphatic heterocycles. The summed E-state index contributed by atoms with van der Waals surface area (Å²) in [5, 5.41) is 3.26. The quantitative estimate of drug-likeness (QED) is 0.641. The molecule has 1 atom stereocenters. The fraction of sp³-hybridized carbons (Fsp3) is 0.167. The minimum Gasteiger partial charge on any atom is -0.454 e. The van der Waals surface area contributed by atoms with Crippen molar-refractivity contribution in [2.45, 2.75) is 12.6 Å². The number of nitrogens with zero attached hydrogens (tertiary/aromatic N) is 1. The lowest BCUT2D eigenvalue weighted by Gasteiger charge is -2.29. The first-order chi connectivity index (χ1) is 12.3. The van der Waals surface area contributed by atoms with Crippen LogP contribution in [0.15, 0.2) is 58.9 Å². The van der Waals surface area contributed by atoms with Gasteiger partial charge in [0.15, 0.2) is 17.7 Å². The largest absolute Gasteiger partial charge is 0.454 e. The van der Waals surface area contributed by atoms with Gasteiger partial charge in [-0.2, -0.15) is 0 Å². The second kappa shape index (κ2) is 5.63. The van der Waals surface area contributed by atoms with E-state index in [1.807, 2.05) is 42.5 Å². The predicted octanol–water partition coefficient (Wildman–Crippen LogP) is 3.12. The molecular weight excluding hydrogens is 340 g/mol. The van der Waals surface area contributed by atoms with Gasteiger partial charge < -0.3 is 23.7 Å². The molecule has 2 aromatic carbocycles. The number of para-hydroxylation sites is 1. The molecule has 0 saturated carbocycles. The summed E-state index contributed by atoms with van der Waals surface area (Å²) in [5.41, 5.74) is 2.86. The summed E-state index contributed by atoms with van der Waals surface area (Å²) >= 11 is 3.99. The molecule has 3 aliphatic rings. The molecule has 1 unspecified atom stereocenters. The number of nitrogens with one attached hydrogen (secondary N) is 1. The molecule has 0 amide bonds. The first-order valence-corrected chi connectivity index (χ1v) is 8.23. The molecule has 7 heteroatoms. The van der Waals surface area contributed by atoms with Crippen LogP contribution in [0.2, 0.25) is 0 Å². The van der Waals surface area contributed by atoms with E-state index in [9.17, 15) is 0 Å². The number of aliphatic imine (C=N–C) groups is 1. The van der Waals surface area contributed by atoms with Crippen LogP contribution >= 0.6 is 12.9 Å². The smallest absolute Gasteiger partial charge is 0.231 e. The van der Waals surface area contributed by atoms with Gasteiger partial charge in [0.1, 0.15) is 5.75 Å². The minimum absolute atomic E-state index is 0.236. The number of thiol groups is 1. The third kappa shape index (κ3) is 2.39. The Morgan fingerprint density at radius 3 is 2.88 bits per heavy atom. The lowest BCUT2D eigenvalue weighted by Crippen LogP contribution is -2.34. The van der Waals surface area contributed by atoms with Crippen molar-refractivity contribution in [3.8, 4) is 17.2 Å². The van der Waals surface area contributed by atoms with Gasteiger partial charge in [-0.25, -0.2) is 4.99 Å². The monoisotopic (exact) mass is 354 g/mol. The maximum atomic E-state index is 5.99. The van der Waals surface area contributed by atoms with E-state index < -0.39 is 0 Å². The Balaban J connectivity index is 1.54. The van der Waals surface area contributed by atoms with Gasteiger partial charge >= 0.3 is 0 Å². The van der Waals surface area contributed by atoms with E-state index in [0.717, 1.165) is 28.2 Å². The van der Waals surface area contributed by atoms with Crippen molar-refractivity contribution in [3.63, 3.8) is 0 Å². The number of fused-ring (bicyclic) bond motifs is 3. The lowest BCUT2D eigenvalue weighted by molar-refractivity contribution is 0.174. The molecule has 0 bridgehead atoms. The van der Waals surface area contributed by atoms with Crippen LogP contribution in [0.4, 0.5) is 0 Å². The normalized spacial score (nSPS) is 20.0. The number of hydrogen-bond acceptors (Lipinski definition) is 7. The van der Waals surface area contributed by atoms with Crippen LogP contribution in [0.5, 0.6) is 17.2 Å². The number of hydrogen-bond donors (Lipinski definition) is 2. The van der Waals surface area contributed by atoms with E-state index in [-0.39, 0.29) is 13.0 Å². The second-order valence-corrected chi connectivity index (χ2v) is 6.06. The maximum Gasteiger partial charge on any atom is 0.231 e. The van der Waals surface area contributed by atoms with Gasteiger partial charge in [-0.05, 0) is 23.8 Å².